The molecule has 0 radical (unpaired) electrons. The summed E-state index contributed by atoms with van der Waals surface area (Å²) in [5, 5.41) is 13.0. The number of nitrogens with zero attached hydrogens (tertiary/aromatic N) is 4. The average Bonchev–Trinajstić information content (AvgIpc) is 2.89. The Bertz CT molecular complexity index is 1590. The fourth-order valence-electron chi connectivity index (χ4n) is 4.82. The Morgan fingerprint density at radius 3 is 2.55 bits per heavy atom. The predicted octanol–water partition coefficient (Wildman–Crippen LogP) is 5.09. The van der Waals surface area contributed by atoms with E-state index in [4.69, 9.17) is 22.3 Å². The number of nitrogens with one attached hydrogen (secondary N) is 2. The molecule has 4 N–H and O–H groups in total. The molecule has 0 aliphatic heterocycles. The molecule has 5 rings (SSSR count). The molecule has 1 saturated carbocycles. The number of halogens is 1. The molecule has 0 spiro atoms. The number of hydrogen-bond acceptors (Lipinski definition) is 8. The van der Waals surface area contributed by atoms with E-state index < -0.39 is 10.0 Å². The smallest absolute Gasteiger partial charge is 0.264 e. The van der Waals surface area contributed by atoms with Gasteiger partial charge < -0.3 is 11.1 Å². The van der Waals surface area contributed by atoms with Crippen molar-refractivity contribution in [2.75, 3.05) is 10.0 Å². The number of benzene rings is 2. The van der Waals surface area contributed by atoms with Crippen LogP contribution in [0, 0.1) is 6.92 Å². The van der Waals surface area contributed by atoms with E-state index >= 15 is 0 Å². The SMILES string of the molecule is CCc1cc(-c2nnc(NS(=O)(=O)c3ccccc3Cl)cc2C)cc2cnc(NC3CCC(N)CC3)nc12. The minimum Gasteiger partial charge on any atom is -0.351 e. The highest BCUT2D eigenvalue weighted by molar-refractivity contribution is 7.92. The number of aryl methyl sites for hydroxylation is 2. The van der Waals surface area contributed by atoms with Gasteiger partial charge in [0.15, 0.2) is 5.82 Å². The van der Waals surface area contributed by atoms with Crippen molar-refractivity contribution in [3.05, 3.63) is 64.8 Å². The van der Waals surface area contributed by atoms with E-state index in [9.17, 15) is 8.42 Å². The summed E-state index contributed by atoms with van der Waals surface area (Å²) in [5.41, 5.74) is 10.3. The standard InChI is InChI=1S/C27H30ClN7O2S/c1-3-17-13-18(14-19-15-30-27(32-26(17)19)31-21-10-8-20(29)9-11-21)25-16(2)12-24(33-34-25)35-38(36,37)23-7-5-4-6-22(23)28/h4-7,12-15,20-21H,3,8-11,29H2,1-2H3,(H,33,35)(H,30,31,32). The molecule has 2 aromatic heterocycles. The number of aromatic nitrogens is 4. The molecule has 0 bridgehead atoms. The Kier molecular flexibility index (Phi) is 7.47. The molecule has 1 aliphatic rings. The topological polar surface area (TPSA) is 136 Å². The molecule has 38 heavy (non-hydrogen) atoms. The van der Waals surface area contributed by atoms with E-state index in [0.29, 0.717) is 23.7 Å². The van der Waals surface area contributed by atoms with Crippen LogP contribution in [-0.2, 0) is 16.4 Å². The van der Waals surface area contributed by atoms with Crippen molar-refractivity contribution in [1.82, 2.24) is 20.2 Å². The maximum absolute atomic E-state index is 12.8. The second-order valence-corrected chi connectivity index (χ2v) is 11.7. The summed E-state index contributed by atoms with van der Waals surface area (Å²) in [7, 11) is -3.91. The molecule has 0 unspecified atom stereocenters. The minimum absolute atomic E-state index is 0.0202. The molecule has 1 aliphatic carbocycles. The van der Waals surface area contributed by atoms with Crippen molar-refractivity contribution >= 4 is 44.3 Å². The van der Waals surface area contributed by atoms with Crippen LogP contribution in [0.2, 0.25) is 5.02 Å². The van der Waals surface area contributed by atoms with Crippen molar-refractivity contribution in [3.8, 4) is 11.3 Å². The van der Waals surface area contributed by atoms with E-state index in [1.165, 1.54) is 12.1 Å². The van der Waals surface area contributed by atoms with E-state index in [2.05, 4.69) is 38.2 Å². The van der Waals surface area contributed by atoms with E-state index in [-0.39, 0.29) is 15.7 Å². The zero-order chi connectivity index (χ0) is 26.9. The van der Waals surface area contributed by atoms with Crippen molar-refractivity contribution in [1.29, 1.82) is 0 Å². The van der Waals surface area contributed by atoms with Crippen LogP contribution in [0.3, 0.4) is 0 Å². The van der Waals surface area contributed by atoms with Crippen LogP contribution in [0.1, 0.15) is 43.7 Å². The summed E-state index contributed by atoms with van der Waals surface area (Å²) in [5.74, 6) is 0.747. The van der Waals surface area contributed by atoms with Gasteiger partial charge in [0.1, 0.15) is 4.90 Å². The third-order valence-corrected chi connectivity index (χ3v) is 8.73. The van der Waals surface area contributed by atoms with Gasteiger partial charge in [0.05, 0.1) is 16.2 Å². The highest BCUT2D eigenvalue weighted by atomic mass is 35.5. The highest BCUT2D eigenvalue weighted by Gasteiger charge is 2.21. The monoisotopic (exact) mass is 551 g/mol. The molecular formula is C27H30ClN7O2S. The normalized spacial score (nSPS) is 17.9. The molecule has 198 valence electrons. The van der Waals surface area contributed by atoms with Gasteiger partial charge in [0, 0.05) is 29.2 Å². The fraction of sp³-hybridized carbons (Fsp3) is 0.333. The molecule has 0 saturated heterocycles. The predicted molar refractivity (Wildman–Crippen MR) is 151 cm³/mol. The average molecular weight is 552 g/mol. The molecule has 2 heterocycles. The third kappa shape index (κ3) is 5.57. The number of anilines is 2. The second kappa shape index (κ2) is 10.8. The lowest BCUT2D eigenvalue weighted by atomic mass is 9.92. The molecule has 11 heteroatoms. The minimum atomic E-state index is -3.91. The Labute approximate surface area is 227 Å². The third-order valence-electron chi connectivity index (χ3n) is 6.87. The summed E-state index contributed by atoms with van der Waals surface area (Å²) < 4.78 is 28.1. The van der Waals surface area contributed by atoms with Gasteiger partial charge in [-0.1, -0.05) is 30.7 Å². The van der Waals surface area contributed by atoms with Crippen LogP contribution < -0.4 is 15.8 Å². The Morgan fingerprint density at radius 2 is 1.84 bits per heavy atom. The summed E-state index contributed by atoms with van der Waals surface area (Å²) in [6, 6.07) is 12.6. The zero-order valence-electron chi connectivity index (χ0n) is 21.3. The first kappa shape index (κ1) is 26.3. The van der Waals surface area contributed by atoms with Gasteiger partial charge in [0.25, 0.3) is 10.0 Å². The number of nitrogens with two attached hydrogens (primary N) is 1. The van der Waals surface area contributed by atoms with Gasteiger partial charge in [-0.05, 0) is 80.5 Å². The lowest BCUT2D eigenvalue weighted by Crippen LogP contribution is -2.33. The van der Waals surface area contributed by atoms with Gasteiger partial charge in [-0.2, -0.15) is 0 Å². The van der Waals surface area contributed by atoms with Gasteiger partial charge in [0.2, 0.25) is 5.95 Å². The van der Waals surface area contributed by atoms with Gasteiger partial charge in [-0.3, -0.25) is 4.72 Å². The Balaban J connectivity index is 1.41. The van der Waals surface area contributed by atoms with Crippen LogP contribution in [0.15, 0.2) is 53.6 Å². The Morgan fingerprint density at radius 1 is 1.08 bits per heavy atom. The van der Waals surface area contributed by atoms with Crippen LogP contribution in [0.25, 0.3) is 22.2 Å². The van der Waals surface area contributed by atoms with Crippen LogP contribution in [0.5, 0.6) is 0 Å². The quantitative estimate of drug-likeness (QED) is 0.289. The van der Waals surface area contributed by atoms with Crippen LogP contribution >= 0.6 is 11.6 Å². The first-order valence-electron chi connectivity index (χ1n) is 12.7. The molecule has 0 atom stereocenters. The van der Waals surface area contributed by atoms with E-state index in [1.54, 1.807) is 18.2 Å². The van der Waals surface area contributed by atoms with E-state index in [0.717, 1.165) is 59.7 Å². The van der Waals surface area contributed by atoms with Crippen molar-refractivity contribution in [3.63, 3.8) is 0 Å². The number of hydrogen-bond donors (Lipinski definition) is 3. The maximum atomic E-state index is 12.8. The summed E-state index contributed by atoms with van der Waals surface area (Å²) >= 11 is 6.08. The van der Waals surface area contributed by atoms with Crippen LogP contribution in [0.4, 0.5) is 11.8 Å². The molecular weight excluding hydrogens is 522 g/mol. The molecule has 0 amide bonds. The number of sulfonamides is 1. The molecule has 9 nitrogen and oxygen atoms in total. The second-order valence-electron chi connectivity index (χ2n) is 9.67. The maximum Gasteiger partial charge on any atom is 0.264 e. The van der Waals surface area contributed by atoms with Crippen molar-refractivity contribution in [2.45, 2.75) is 62.9 Å². The van der Waals surface area contributed by atoms with Gasteiger partial charge in [-0.25, -0.2) is 18.4 Å². The van der Waals surface area contributed by atoms with Crippen LogP contribution in [-0.4, -0.2) is 40.7 Å². The fourth-order valence-corrected chi connectivity index (χ4v) is 6.32. The number of rotatable bonds is 7. The van der Waals surface area contributed by atoms with Crippen molar-refractivity contribution < 1.29 is 8.42 Å². The molecule has 2 aromatic carbocycles. The van der Waals surface area contributed by atoms with Gasteiger partial charge in [-0.15, -0.1) is 10.2 Å². The summed E-state index contributed by atoms with van der Waals surface area (Å²) in [6.07, 6.45) is 6.66. The highest BCUT2D eigenvalue weighted by Crippen LogP contribution is 2.30. The molecule has 4 aromatic rings. The van der Waals surface area contributed by atoms with Crippen molar-refractivity contribution in [2.24, 2.45) is 5.73 Å². The van der Waals surface area contributed by atoms with Gasteiger partial charge >= 0.3 is 0 Å². The van der Waals surface area contributed by atoms with E-state index in [1.807, 2.05) is 19.2 Å². The largest absolute Gasteiger partial charge is 0.351 e. The lowest BCUT2D eigenvalue weighted by molar-refractivity contribution is 0.410. The molecule has 1 fully saturated rings. The lowest BCUT2D eigenvalue weighted by Gasteiger charge is -2.26. The summed E-state index contributed by atoms with van der Waals surface area (Å²) in [6.45, 7) is 3.95. The Hall–Kier alpha value is -3.34. The zero-order valence-corrected chi connectivity index (χ0v) is 22.9. The number of fused-ring (bicyclic) bond motifs is 1. The first-order valence-corrected chi connectivity index (χ1v) is 14.5. The first-order chi connectivity index (χ1) is 18.2. The summed E-state index contributed by atoms with van der Waals surface area (Å²) in [4.78, 5) is 9.38.